The molecule has 0 amide bonds. The smallest absolute Gasteiger partial charge is 0.232 e. The van der Waals surface area contributed by atoms with Gasteiger partial charge in [0, 0.05) is 28.0 Å². The predicted molar refractivity (Wildman–Crippen MR) is 267 cm³/mol. The van der Waals surface area contributed by atoms with E-state index in [1.807, 2.05) is 102 Å². The summed E-state index contributed by atoms with van der Waals surface area (Å²) in [6.45, 7) is 0. The molecule has 298 valence electrons. The number of hydrogen-bond donors (Lipinski definition) is 0. The molecule has 1 unspecified atom stereocenters. The number of aromatic nitrogens is 2. The van der Waals surface area contributed by atoms with Crippen molar-refractivity contribution in [3.63, 3.8) is 0 Å². The lowest BCUT2D eigenvalue weighted by Crippen LogP contribution is -2.74. The van der Waals surface area contributed by atoms with Gasteiger partial charge in [-0.05, 0) is 61.7 Å². The van der Waals surface area contributed by atoms with Crippen LogP contribution in [0.15, 0.2) is 246 Å². The third-order valence-corrected chi connectivity index (χ3v) is 15.3. The highest BCUT2D eigenvalue weighted by Crippen LogP contribution is 2.35. The summed E-state index contributed by atoms with van der Waals surface area (Å²) in [7, 11) is -6.45. The zero-order valence-corrected chi connectivity index (χ0v) is 33.8. The summed E-state index contributed by atoms with van der Waals surface area (Å²) in [5.74, 6) is 0.267. The molecule has 0 N–H and O–H groups in total. The Labute approximate surface area is 399 Å². The zero-order chi connectivity index (χ0) is 61.8. The fourth-order valence-corrected chi connectivity index (χ4v) is 12.3. The van der Waals surface area contributed by atoms with E-state index in [9.17, 15) is 21.9 Å². The van der Waals surface area contributed by atoms with Gasteiger partial charge in [0.25, 0.3) is 0 Å². The van der Waals surface area contributed by atoms with E-state index in [1.165, 1.54) is 0 Å². The molecule has 0 fully saturated rings. The lowest BCUT2D eigenvalue weighted by atomic mass is 10.0. The van der Waals surface area contributed by atoms with Gasteiger partial charge in [-0.2, -0.15) is 4.99 Å². The minimum Gasteiger partial charge on any atom is -0.297 e. The number of hydrogen-bond acceptors (Lipinski definition) is 2. The van der Waals surface area contributed by atoms with Crippen LogP contribution in [0.1, 0.15) is 49.6 Å². The minimum atomic E-state index is -6.45. The highest BCUT2D eigenvalue weighted by atomic mass is 28.3. The molecule has 0 saturated carbocycles. The largest absolute Gasteiger partial charge is 0.297 e. The molecule has 0 bridgehead atoms. The molecular formula is C58H42N4Si. The highest BCUT2D eigenvalue weighted by Gasteiger charge is 2.42. The summed E-state index contributed by atoms with van der Waals surface area (Å²) in [6, 6.07) is 3.22. The molecule has 11 aromatic rings. The Kier molecular flexibility index (Phi) is 4.92. The molecule has 1 aliphatic rings. The van der Waals surface area contributed by atoms with Crippen molar-refractivity contribution in [2.75, 3.05) is 0 Å². The van der Waals surface area contributed by atoms with Crippen molar-refractivity contribution in [3.8, 4) is 11.1 Å². The molecule has 0 spiro atoms. The van der Waals surface area contributed by atoms with Crippen molar-refractivity contribution < 1.29 is 31.5 Å². The van der Waals surface area contributed by atoms with Crippen molar-refractivity contribution in [1.29, 1.82) is 0 Å². The molecule has 1 atom stereocenters. The van der Waals surface area contributed by atoms with E-state index in [0.717, 1.165) is 21.5 Å². The average molecular weight is 846 g/mol. The van der Waals surface area contributed by atoms with Crippen molar-refractivity contribution in [1.82, 2.24) is 9.13 Å². The van der Waals surface area contributed by atoms with Gasteiger partial charge in [-0.15, -0.1) is 0 Å². The summed E-state index contributed by atoms with van der Waals surface area (Å²) < 4.78 is 221. The van der Waals surface area contributed by atoms with Gasteiger partial charge in [-0.25, -0.2) is 4.99 Å². The number of fused-ring (bicyclic) bond motifs is 6. The molecule has 9 aromatic carbocycles. The lowest BCUT2D eigenvalue weighted by molar-refractivity contribution is 0.734. The summed E-state index contributed by atoms with van der Waals surface area (Å²) in [6.07, 6.45) is -0.313. The van der Waals surface area contributed by atoms with Crippen LogP contribution in [0.5, 0.6) is 0 Å². The number of aliphatic imine (C=N–C) groups is 2. The van der Waals surface area contributed by atoms with Crippen LogP contribution in [0.4, 0.5) is 0 Å². The number of para-hydroxylation sites is 4. The number of rotatable bonds is 6. The maximum absolute atomic E-state index is 10.8. The standard InChI is InChI=1S/C58H42N4Si/c1-4-20-41(21-5-1)42-22-18-28-46(38-42)63(44-24-6-2-7-25-44,45-26-8-3-9-27-45)47-29-19-23-43(39-47)52-40-57(61-53-34-14-10-30-48(53)49-31-11-15-35-54(49)61)60-58(59-52)62-55-36-16-12-32-50(55)51-33-13-17-37-56(51)62/h1-39,52H,40H2/i1D,2D,3D,4D,5D,6D,7D,8D,9D,18D,19D,20D,21D,22D,23D,24D,25D,26D,27D,28D,29D,38D,39D. The van der Waals surface area contributed by atoms with Gasteiger partial charge in [0.15, 0.2) is 8.07 Å². The Hall–Kier alpha value is -7.86. The Morgan fingerprint density at radius 2 is 0.857 bits per heavy atom. The van der Waals surface area contributed by atoms with Crippen LogP contribution in [0.3, 0.4) is 0 Å². The van der Waals surface area contributed by atoms with Crippen molar-refractivity contribution in [2.24, 2.45) is 9.98 Å². The zero-order valence-electron chi connectivity index (χ0n) is 55.8. The lowest BCUT2D eigenvalue weighted by Gasteiger charge is -2.35. The molecular weight excluding hydrogens is 781 g/mol. The molecule has 0 saturated heterocycles. The van der Waals surface area contributed by atoms with Gasteiger partial charge in [-0.1, -0.05) is 212 Å². The molecule has 12 rings (SSSR count). The van der Waals surface area contributed by atoms with Gasteiger partial charge < -0.3 is 0 Å². The number of nitrogens with zero attached hydrogens (tertiary/aromatic N) is 4. The Morgan fingerprint density at radius 3 is 1.40 bits per heavy atom. The topological polar surface area (TPSA) is 34.6 Å². The van der Waals surface area contributed by atoms with E-state index in [0.29, 0.717) is 22.1 Å². The quantitative estimate of drug-likeness (QED) is 0.118. The van der Waals surface area contributed by atoms with Crippen molar-refractivity contribution >= 4 is 84.2 Å². The molecule has 2 aromatic heterocycles. The molecule has 4 nitrogen and oxygen atoms in total. The van der Waals surface area contributed by atoms with Crippen LogP contribution in [0.2, 0.25) is 0 Å². The third-order valence-electron chi connectivity index (χ3n) is 11.3. The fraction of sp³-hybridized carbons (Fsp3) is 0.0345. The van der Waals surface area contributed by atoms with Crippen LogP contribution in [-0.2, 0) is 0 Å². The normalized spacial score (nSPS) is 19.4. The van der Waals surface area contributed by atoms with Crippen LogP contribution < -0.4 is 20.7 Å². The first-order valence-electron chi connectivity index (χ1n) is 31.4. The van der Waals surface area contributed by atoms with Crippen molar-refractivity contribution in [2.45, 2.75) is 12.5 Å². The molecule has 0 radical (unpaired) electrons. The van der Waals surface area contributed by atoms with Crippen LogP contribution >= 0.6 is 0 Å². The first-order valence-corrected chi connectivity index (χ1v) is 21.9. The van der Waals surface area contributed by atoms with E-state index in [4.69, 9.17) is 19.6 Å². The van der Waals surface area contributed by atoms with E-state index >= 15 is 0 Å². The van der Waals surface area contributed by atoms with E-state index in [-0.39, 0.29) is 18.2 Å². The fourth-order valence-electron chi connectivity index (χ4n) is 8.67. The third kappa shape index (κ3) is 6.04. The van der Waals surface area contributed by atoms with Crippen LogP contribution in [-0.4, -0.2) is 29.0 Å². The van der Waals surface area contributed by atoms with E-state index < -0.39 is 191 Å². The maximum atomic E-state index is 10.8. The molecule has 3 heterocycles. The highest BCUT2D eigenvalue weighted by molar-refractivity contribution is 7.20. The second kappa shape index (κ2) is 15.2. The molecule has 5 heteroatoms. The van der Waals surface area contributed by atoms with Crippen LogP contribution in [0, 0.1) is 0 Å². The first kappa shape index (κ1) is 20.3. The van der Waals surface area contributed by atoms with Gasteiger partial charge >= 0.3 is 0 Å². The Balaban J connectivity index is 1.31. The second-order valence-corrected chi connectivity index (χ2v) is 18.2. The van der Waals surface area contributed by atoms with Gasteiger partial charge in [0.2, 0.25) is 5.96 Å². The Bertz CT molecular complexity index is 4670. The summed E-state index contributed by atoms with van der Waals surface area (Å²) in [5.41, 5.74) is 0.225. The summed E-state index contributed by atoms with van der Waals surface area (Å²) >= 11 is 0. The summed E-state index contributed by atoms with van der Waals surface area (Å²) in [5, 5.41) is -0.952. The molecule has 63 heavy (non-hydrogen) atoms. The van der Waals surface area contributed by atoms with E-state index in [2.05, 4.69) is 0 Å². The predicted octanol–water partition coefficient (Wildman–Crippen LogP) is 11.2. The van der Waals surface area contributed by atoms with Crippen molar-refractivity contribution in [3.05, 3.63) is 242 Å². The van der Waals surface area contributed by atoms with Gasteiger partial charge in [-0.3, -0.25) is 9.13 Å². The Morgan fingerprint density at radius 1 is 0.429 bits per heavy atom. The SMILES string of the molecule is [2H]c1c([2H])c([2H])c(-c2c([2H])c([2H])c([2H])c([Si](c3c([2H])c([2H])c([2H])c([2H])c3[2H])(c3c([2H])c([2H])c([2H])c([2H])c3[2H])c3c([2H])c([2H])c([2H])c(C4CC(n5c6ccccc6c6ccccc65)=NC(n5c6ccccc6c6ccccc65)=N4)c3[2H])c2[2H])c([2H])c1[2H]. The monoisotopic (exact) mass is 845 g/mol. The second-order valence-electron chi connectivity index (χ2n) is 14.7. The minimum absolute atomic E-state index is 0.00729. The summed E-state index contributed by atoms with van der Waals surface area (Å²) in [4.78, 5) is 10.5. The number of benzene rings is 9. The van der Waals surface area contributed by atoms with Crippen LogP contribution in [0.25, 0.3) is 54.7 Å². The van der Waals surface area contributed by atoms with Gasteiger partial charge in [0.05, 0.1) is 59.6 Å². The van der Waals surface area contributed by atoms with E-state index in [1.54, 1.807) is 4.57 Å². The molecule has 1 aliphatic heterocycles. The average Bonchev–Trinajstić information content (AvgIpc) is 0.880. The molecule has 0 aliphatic carbocycles. The van der Waals surface area contributed by atoms with Gasteiger partial charge in [0.1, 0.15) is 5.84 Å². The first-order chi connectivity index (χ1) is 40.8. The maximum Gasteiger partial charge on any atom is 0.232 e.